The minimum Gasteiger partial charge on any atom is -0.368 e. The van der Waals surface area contributed by atoms with E-state index in [-0.39, 0.29) is 0 Å². The highest BCUT2D eigenvalue weighted by Crippen LogP contribution is 2.39. The Bertz CT molecular complexity index is 931. The molecular weight excluding hydrogens is 489 g/mol. The van der Waals surface area contributed by atoms with Crippen LogP contribution < -0.4 is 20.4 Å². The number of fused-ring (bicyclic) bond motifs is 1. The molecule has 0 spiro atoms. The average Bonchev–Trinajstić information content (AvgIpc) is 3.32. The van der Waals surface area contributed by atoms with Gasteiger partial charge in [0.15, 0.2) is 0 Å². The highest BCUT2D eigenvalue weighted by Gasteiger charge is 2.30. The molecule has 30 heavy (non-hydrogen) atoms. The van der Waals surface area contributed by atoms with Crippen LogP contribution in [0.5, 0.6) is 0 Å². The SMILES string of the molecule is CC1=C(I)CN(C2CCCC2)c2nc(Nc3ccc(N4CCNCC4)cn3)ncc21. The summed E-state index contributed by atoms with van der Waals surface area (Å²) >= 11 is 2.48. The van der Waals surface area contributed by atoms with E-state index in [9.17, 15) is 0 Å². The molecule has 0 atom stereocenters. The second-order valence-electron chi connectivity index (χ2n) is 8.29. The van der Waals surface area contributed by atoms with Gasteiger partial charge in [-0.3, -0.25) is 0 Å². The van der Waals surface area contributed by atoms with E-state index in [1.807, 2.05) is 18.5 Å². The Morgan fingerprint density at radius 3 is 2.63 bits per heavy atom. The van der Waals surface area contributed by atoms with Crippen molar-refractivity contribution < 1.29 is 0 Å². The van der Waals surface area contributed by atoms with Crippen molar-refractivity contribution in [3.63, 3.8) is 0 Å². The van der Waals surface area contributed by atoms with E-state index in [0.717, 1.165) is 55.6 Å². The smallest absolute Gasteiger partial charge is 0.230 e. The maximum Gasteiger partial charge on any atom is 0.230 e. The topological polar surface area (TPSA) is 69.2 Å². The third-order valence-corrected chi connectivity index (χ3v) is 7.55. The van der Waals surface area contributed by atoms with Crippen LogP contribution in [0, 0.1) is 0 Å². The highest BCUT2D eigenvalue weighted by molar-refractivity contribution is 14.1. The van der Waals surface area contributed by atoms with Gasteiger partial charge in [-0.05, 0) is 60.1 Å². The normalized spacial score (nSPS) is 19.9. The fourth-order valence-corrected chi connectivity index (χ4v) is 5.27. The van der Waals surface area contributed by atoms with Crippen LogP contribution in [0.1, 0.15) is 38.2 Å². The van der Waals surface area contributed by atoms with E-state index >= 15 is 0 Å². The van der Waals surface area contributed by atoms with Crippen LogP contribution in [-0.2, 0) is 0 Å². The Morgan fingerprint density at radius 2 is 1.90 bits per heavy atom. The third kappa shape index (κ3) is 3.99. The van der Waals surface area contributed by atoms with E-state index < -0.39 is 0 Å². The number of aromatic nitrogens is 3. The minimum atomic E-state index is 0.584. The number of pyridine rings is 1. The largest absolute Gasteiger partial charge is 0.368 e. The predicted molar refractivity (Wildman–Crippen MR) is 131 cm³/mol. The van der Waals surface area contributed by atoms with Gasteiger partial charge in [-0.2, -0.15) is 4.98 Å². The molecule has 2 fully saturated rings. The molecule has 2 aliphatic heterocycles. The highest BCUT2D eigenvalue weighted by atomic mass is 127. The molecule has 4 heterocycles. The van der Waals surface area contributed by atoms with Crippen molar-refractivity contribution in [2.45, 2.75) is 38.6 Å². The van der Waals surface area contributed by atoms with Crippen LogP contribution in [0.3, 0.4) is 0 Å². The monoisotopic (exact) mass is 517 g/mol. The van der Waals surface area contributed by atoms with Gasteiger partial charge < -0.3 is 20.4 Å². The molecular formula is C22H28IN7. The summed E-state index contributed by atoms with van der Waals surface area (Å²) in [6.07, 6.45) is 9.04. The van der Waals surface area contributed by atoms with Crippen LogP contribution in [0.2, 0.25) is 0 Å². The first-order valence-electron chi connectivity index (χ1n) is 10.9. The first-order chi connectivity index (χ1) is 14.7. The van der Waals surface area contributed by atoms with E-state index in [0.29, 0.717) is 12.0 Å². The molecule has 0 bridgehead atoms. The molecule has 0 amide bonds. The zero-order valence-electron chi connectivity index (χ0n) is 17.4. The summed E-state index contributed by atoms with van der Waals surface area (Å²) in [5, 5.41) is 6.70. The fraction of sp³-hybridized carbons (Fsp3) is 0.500. The lowest BCUT2D eigenvalue weighted by Gasteiger charge is -2.35. The second-order valence-corrected chi connectivity index (χ2v) is 9.59. The lowest BCUT2D eigenvalue weighted by atomic mass is 10.0. The number of nitrogens with one attached hydrogen (secondary N) is 2. The Balaban J connectivity index is 1.37. The van der Waals surface area contributed by atoms with Gasteiger partial charge in [0.2, 0.25) is 5.95 Å². The molecule has 0 aromatic carbocycles. The lowest BCUT2D eigenvalue weighted by Crippen LogP contribution is -2.43. The molecule has 1 aliphatic carbocycles. The number of allylic oxidation sites excluding steroid dienone is 1. The Kier molecular flexibility index (Phi) is 5.77. The number of rotatable bonds is 4. The number of halogens is 1. The van der Waals surface area contributed by atoms with Crippen molar-refractivity contribution in [3.8, 4) is 0 Å². The van der Waals surface area contributed by atoms with Gasteiger partial charge in [-0.25, -0.2) is 9.97 Å². The van der Waals surface area contributed by atoms with Crippen LogP contribution in [0.15, 0.2) is 28.1 Å². The molecule has 158 valence electrons. The molecule has 1 saturated heterocycles. The first-order valence-corrected chi connectivity index (χ1v) is 11.9. The molecule has 2 aromatic rings. The molecule has 2 N–H and O–H groups in total. The lowest BCUT2D eigenvalue weighted by molar-refractivity contribution is 0.589. The van der Waals surface area contributed by atoms with Gasteiger partial charge >= 0.3 is 0 Å². The Labute approximate surface area is 191 Å². The first kappa shape index (κ1) is 20.0. The molecule has 1 saturated carbocycles. The minimum absolute atomic E-state index is 0.584. The fourth-order valence-electron chi connectivity index (χ4n) is 4.61. The molecule has 2 aromatic heterocycles. The number of nitrogens with zero attached hydrogens (tertiary/aromatic N) is 5. The molecule has 0 radical (unpaired) electrons. The summed E-state index contributed by atoms with van der Waals surface area (Å²) in [6, 6.07) is 4.73. The number of piperazine rings is 1. The van der Waals surface area contributed by atoms with Gasteiger partial charge in [-0.1, -0.05) is 12.8 Å². The molecule has 5 rings (SSSR count). The van der Waals surface area contributed by atoms with Gasteiger partial charge in [0.25, 0.3) is 0 Å². The van der Waals surface area contributed by atoms with E-state index in [1.165, 1.54) is 34.8 Å². The van der Waals surface area contributed by atoms with Gasteiger partial charge in [0.1, 0.15) is 11.6 Å². The zero-order chi connectivity index (χ0) is 20.5. The summed E-state index contributed by atoms with van der Waals surface area (Å²) in [7, 11) is 0. The van der Waals surface area contributed by atoms with Crippen LogP contribution in [0.25, 0.3) is 5.57 Å². The van der Waals surface area contributed by atoms with E-state index in [4.69, 9.17) is 4.98 Å². The number of hydrogen-bond acceptors (Lipinski definition) is 7. The van der Waals surface area contributed by atoms with Gasteiger partial charge in [-0.15, -0.1) is 0 Å². The van der Waals surface area contributed by atoms with Crippen molar-refractivity contribution in [1.82, 2.24) is 20.3 Å². The maximum atomic E-state index is 4.94. The summed E-state index contributed by atoms with van der Waals surface area (Å²) in [4.78, 5) is 19.0. The molecule has 0 unspecified atom stereocenters. The van der Waals surface area contributed by atoms with Crippen molar-refractivity contribution in [2.75, 3.05) is 47.8 Å². The van der Waals surface area contributed by atoms with Gasteiger partial charge in [0.05, 0.1) is 18.4 Å². The Morgan fingerprint density at radius 1 is 1.10 bits per heavy atom. The predicted octanol–water partition coefficient (Wildman–Crippen LogP) is 3.95. The van der Waals surface area contributed by atoms with Crippen molar-refractivity contribution in [1.29, 1.82) is 0 Å². The van der Waals surface area contributed by atoms with Gasteiger partial charge in [0, 0.05) is 47.6 Å². The second kappa shape index (κ2) is 8.66. The summed E-state index contributed by atoms with van der Waals surface area (Å²) in [5.74, 6) is 2.46. The summed E-state index contributed by atoms with van der Waals surface area (Å²) in [6.45, 7) is 7.22. The molecule has 7 nitrogen and oxygen atoms in total. The summed E-state index contributed by atoms with van der Waals surface area (Å²) in [5.41, 5.74) is 3.62. The number of anilines is 4. The molecule has 8 heteroatoms. The Hall–Kier alpha value is -1.94. The maximum absolute atomic E-state index is 4.94. The summed E-state index contributed by atoms with van der Waals surface area (Å²) < 4.78 is 1.39. The van der Waals surface area contributed by atoms with Crippen LogP contribution in [0.4, 0.5) is 23.3 Å². The standard InChI is InChI=1S/C22H28IN7/c1-15-18-13-26-22(28-21(18)30(14-19(15)23)16-4-2-3-5-16)27-20-7-6-17(12-25-20)29-10-8-24-9-11-29/h6-7,12-13,16,24H,2-5,8-11,14H2,1H3,(H,25,26,27,28). The molecule has 3 aliphatic rings. The number of hydrogen-bond donors (Lipinski definition) is 2. The average molecular weight is 517 g/mol. The van der Waals surface area contributed by atoms with Crippen molar-refractivity contribution in [3.05, 3.63) is 33.7 Å². The quantitative estimate of drug-likeness (QED) is 0.596. The van der Waals surface area contributed by atoms with Crippen LogP contribution in [-0.4, -0.2) is 53.7 Å². The third-order valence-electron chi connectivity index (χ3n) is 6.40. The van der Waals surface area contributed by atoms with E-state index in [2.05, 4.69) is 66.0 Å². The van der Waals surface area contributed by atoms with E-state index in [1.54, 1.807) is 0 Å². The van der Waals surface area contributed by atoms with Crippen LogP contribution >= 0.6 is 22.6 Å². The van der Waals surface area contributed by atoms with Crippen molar-refractivity contribution in [2.24, 2.45) is 0 Å². The van der Waals surface area contributed by atoms with Crippen molar-refractivity contribution >= 4 is 51.4 Å². The zero-order valence-corrected chi connectivity index (χ0v) is 19.5.